The van der Waals surface area contributed by atoms with Crippen LogP contribution in [0.1, 0.15) is 37.9 Å². The molecule has 106 valence electrons. The van der Waals surface area contributed by atoms with Gasteiger partial charge in [-0.25, -0.2) is 9.18 Å². The lowest BCUT2D eigenvalue weighted by atomic mass is 10.0. The van der Waals surface area contributed by atoms with E-state index in [2.05, 4.69) is 5.32 Å². The van der Waals surface area contributed by atoms with Crippen molar-refractivity contribution in [2.45, 2.75) is 33.7 Å². The van der Waals surface area contributed by atoms with Crippen molar-refractivity contribution in [1.29, 1.82) is 0 Å². The predicted molar refractivity (Wildman–Crippen MR) is 73.4 cm³/mol. The summed E-state index contributed by atoms with van der Waals surface area (Å²) < 4.78 is 18.9. The van der Waals surface area contributed by atoms with Gasteiger partial charge in [0.05, 0.1) is 6.61 Å². The zero-order valence-corrected chi connectivity index (χ0v) is 12.0. The van der Waals surface area contributed by atoms with E-state index in [1.807, 2.05) is 20.8 Å². The van der Waals surface area contributed by atoms with Crippen LogP contribution in [0.25, 0.3) is 0 Å². The first-order chi connectivity index (χ1) is 8.95. The Morgan fingerprint density at radius 2 is 2.11 bits per heavy atom. The number of hydrogen-bond donors (Lipinski definition) is 1. The summed E-state index contributed by atoms with van der Waals surface area (Å²) >= 11 is 0. The number of halogens is 1. The van der Waals surface area contributed by atoms with Crippen LogP contribution in [0.5, 0.6) is 0 Å². The van der Waals surface area contributed by atoms with E-state index in [-0.39, 0.29) is 12.4 Å². The van der Waals surface area contributed by atoms with Gasteiger partial charge in [-0.15, -0.1) is 0 Å². The second-order valence-electron chi connectivity index (χ2n) is 5.01. The maximum atomic E-state index is 13.9. The largest absolute Gasteiger partial charge is 0.465 e. The quantitative estimate of drug-likeness (QED) is 0.805. The molecule has 0 aliphatic carbocycles. The Morgan fingerprint density at radius 3 is 2.68 bits per heavy atom. The van der Waals surface area contributed by atoms with Gasteiger partial charge in [-0.05, 0) is 32.4 Å². The molecule has 4 heteroatoms. The van der Waals surface area contributed by atoms with Gasteiger partial charge in [0.2, 0.25) is 0 Å². The van der Waals surface area contributed by atoms with E-state index >= 15 is 0 Å². The Balaban J connectivity index is 3.00. The summed E-state index contributed by atoms with van der Waals surface area (Å²) in [5.74, 6) is -0.461. The van der Waals surface area contributed by atoms with Crippen LogP contribution in [-0.4, -0.2) is 19.1 Å². The predicted octanol–water partition coefficient (Wildman–Crippen LogP) is 2.98. The van der Waals surface area contributed by atoms with Crippen LogP contribution < -0.4 is 5.32 Å². The Morgan fingerprint density at radius 1 is 1.42 bits per heavy atom. The first-order valence-electron chi connectivity index (χ1n) is 6.61. The minimum absolute atomic E-state index is 0.284. The highest BCUT2D eigenvalue weighted by molar-refractivity contribution is 5.77. The Hall–Kier alpha value is -1.42. The second kappa shape index (κ2) is 7.24. The molecule has 0 aliphatic heterocycles. The Bertz CT molecular complexity index is 432. The first-order valence-corrected chi connectivity index (χ1v) is 6.61. The molecule has 1 unspecified atom stereocenters. The zero-order valence-electron chi connectivity index (χ0n) is 12.0. The molecule has 1 N–H and O–H groups in total. The molecule has 3 nitrogen and oxygen atoms in total. The molecule has 1 aromatic carbocycles. The van der Waals surface area contributed by atoms with Crippen LogP contribution in [0, 0.1) is 18.7 Å². The summed E-state index contributed by atoms with van der Waals surface area (Å²) in [6.45, 7) is 8.57. The molecule has 19 heavy (non-hydrogen) atoms. The molecule has 0 aromatic heterocycles. The van der Waals surface area contributed by atoms with Crippen LogP contribution in [0.4, 0.5) is 4.39 Å². The molecular formula is C15H22FNO2. The zero-order chi connectivity index (χ0) is 14.4. The third-order valence-electron chi connectivity index (χ3n) is 2.72. The molecule has 0 bridgehead atoms. The first kappa shape index (κ1) is 15.6. The molecule has 0 aliphatic rings. The molecule has 0 saturated carbocycles. The average molecular weight is 267 g/mol. The van der Waals surface area contributed by atoms with Gasteiger partial charge in [0.1, 0.15) is 11.9 Å². The third kappa shape index (κ3) is 4.63. The number of benzene rings is 1. The van der Waals surface area contributed by atoms with E-state index in [1.54, 1.807) is 19.1 Å². The number of carbonyl (C=O) groups excluding carboxylic acids is 1. The summed E-state index contributed by atoms with van der Waals surface area (Å²) in [5.41, 5.74) is 1.26. The molecule has 0 saturated heterocycles. The number of nitrogens with one attached hydrogen (secondary N) is 1. The van der Waals surface area contributed by atoms with E-state index < -0.39 is 12.0 Å². The molecule has 1 rings (SSSR count). The highest BCUT2D eigenvalue weighted by Crippen LogP contribution is 2.20. The summed E-state index contributed by atoms with van der Waals surface area (Å²) in [6.07, 6.45) is 0. The van der Waals surface area contributed by atoms with Gasteiger partial charge in [0.15, 0.2) is 0 Å². The monoisotopic (exact) mass is 267 g/mol. The SMILES string of the molecule is CCOC(=O)C(NCC(C)C)c1cc(C)ccc1F. The Labute approximate surface area is 114 Å². The standard InChI is InChI=1S/C15H22FNO2/c1-5-19-15(18)14(17-9-10(2)3)12-8-11(4)6-7-13(12)16/h6-8,10,14,17H,5,9H2,1-4H3. The lowest BCUT2D eigenvalue weighted by Crippen LogP contribution is -2.33. The van der Waals surface area contributed by atoms with Gasteiger partial charge >= 0.3 is 5.97 Å². The summed E-state index contributed by atoms with van der Waals surface area (Å²) in [6, 6.07) is 4.00. The highest BCUT2D eigenvalue weighted by atomic mass is 19.1. The maximum Gasteiger partial charge on any atom is 0.327 e. The van der Waals surface area contributed by atoms with Crippen LogP contribution in [0.3, 0.4) is 0 Å². The lowest BCUT2D eigenvalue weighted by molar-refractivity contribution is -0.146. The van der Waals surface area contributed by atoms with Crippen molar-refractivity contribution in [3.8, 4) is 0 Å². The smallest absolute Gasteiger partial charge is 0.327 e. The van der Waals surface area contributed by atoms with Crippen molar-refractivity contribution in [3.63, 3.8) is 0 Å². The number of esters is 1. The molecule has 1 aromatic rings. The highest BCUT2D eigenvalue weighted by Gasteiger charge is 2.24. The van der Waals surface area contributed by atoms with Crippen LogP contribution in [0.2, 0.25) is 0 Å². The fourth-order valence-electron chi connectivity index (χ4n) is 1.78. The number of hydrogen-bond acceptors (Lipinski definition) is 3. The van der Waals surface area contributed by atoms with Gasteiger partial charge in [-0.3, -0.25) is 0 Å². The minimum Gasteiger partial charge on any atom is -0.465 e. The molecule has 0 heterocycles. The number of carbonyl (C=O) groups is 1. The van der Waals surface area contributed by atoms with Gasteiger partial charge in [0.25, 0.3) is 0 Å². The fourth-order valence-corrected chi connectivity index (χ4v) is 1.78. The van der Waals surface area contributed by atoms with Crippen molar-refractivity contribution < 1.29 is 13.9 Å². The topological polar surface area (TPSA) is 38.3 Å². The molecule has 0 spiro atoms. The van der Waals surface area contributed by atoms with Gasteiger partial charge in [-0.1, -0.05) is 31.5 Å². The summed E-state index contributed by atoms with van der Waals surface area (Å²) in [4.78, 5) is 12.0. The summed E-state index contributed by atoms with van der Waals surface area (Å²) in [5, 5.41) is 3.07. The average Bonchev–Trinajstić information content (AvgIpc) is 2.33. The van der Waals surface area contributed by atoms with Gasteiger partial charge in [-0.2, -0.15) is 0 Å². The van der Waals surface area contributed by atoms with E-state index in [0.717, 1.165) is 5.56 Å². The van der Waals surface area contributed by atoms with Gasteiger partial charge in [0, 0.05) is 5.56 Å². The van der Waals surface area contributed by atoms with E-state index in [0.29, 0.717) is 18.0 Å². The normalized spacial score (nSPS) is 12.5. The van der Waals surface area contributed by atoms with Crippen molar-refractivity contribution in [2.24, 2.45) is 5.92 Å². The molecule has 0 fully saturated rings. The molecule has 0 radical (unpaired) electrons. The summed E-state index contributed by atoms with van der Waals surface area (Å²) in [7, 11) is 0. The fraction of sp³-hybridized carbons (Fsp3) is 0.533. The van der Waals surface area contributed by atoms with Crippen molar-refractivity contribution >= 4 is 5.97 Å². The lowest BCUT2D eigenvalue weighted by Gasteiger charge is -2.19. The number of aryl methyl sites for hydroxylation is 1. The molecular weight excluding hydrogens is 245 g/mol. The third-order valence-corrected chi connectivity index (χ3v) is 2.72. The molecule has 1 atom stereocenters. The maximum absolute atomic E-state index is 13.9. The van der Waals surface area contributed by atoms with Crippen LogP contribution in [-0.2, 0) is 9.53 Å². The van der Waals surface area contributed by atoms with Crippen molar-refractivity contribution in [3.05, 3.63) is 35.1 Å². The minimum atomic E-state index is -0.748. The Kier molecular flexibility index (Phi) is 5.96. The van der Waals surface area contributed by atoms with E-state index in [4.69, 9.17) is 4.74 Å². The molecule has 0 amide bonds. The number of ether oxygens (including phenoxy) is 1. The second-order valence-corrected chi connectivity index (χ2v) is 5.01. The van der Waals surface area contributed by atoms with E-state index in [1.165, 1.54) is 6.07 Å². The van der Waals surface area contributed by atoms with E-state index in [9.17, 15) is 9.18 Å². The van der Waals surface area contributed by atoms with Crippen LogP contribution >= 0.6 is 0 Å². The van der Waals surface area contributed by atoms with Crippen molar-refractivity contribution in [2.75, 3.05) is 13.2 Å². The van der Waals surface area contributed by atoms with Crippen LogP contribution in [0.15, 0.2) is 18.2 Å². The van der Waals surface area contributed by atoms with Gasteiger partial charge < -0.3 is 10.1 Å². The number of rotatable bonds is 6. The van der Waals surface area contributed by atoms with Crippen molar-refractivity contribution in [1.82, 2.24) is 5.32 Å².